The van der Waals surface area contributed by atoms with Gasteiger partial charge in [0.25, 0.3) is 0 Å². The topological polar surface area (TPSA) is 74.7 Å². The molecule has 0 amide bonds. The summed E-state index contributed by atoms with van der Waals surface area (Å²) in [5.74, 6) is -2.18. The first-order valence-electron chi connectivity index (χ1n) is 5.61. The highest BCUT2D eigenvalue weighted by atomic mass is 32.2. The maximum Gasteiger partial charge on any atom is 0.337 e. The monoisotopic (exact) mass is 285 g/mol. The van der Waals surface area contributed by atoms with Gasteiger partial charge in [-0.3, -0.25) is 0 Å². The van der Waals surface area contributed by atoms with Gasteiger partial charge in [0, 0.05) is 13.1 Å². The van der Waals surface area contributed by atoms with Gasteiger partial charge < -0.3 is 5.11 Å². The third kappa shape index (κ3) is 2.66. The van der Waals surface area contributed by atoms with Crippen molar-refractivity contribution in [3.8, 4) is 0 Å². The average Bonchev–Trinajstić information content (AvgIpc) is 2.39. The van der Waals surface area contributed by atoms with Crippen LogP contribution in [0.1, 0.15) is 16.8 Å². The normalized spacial score (nSPS) is 16.5. The molecule has 0 bridgehead atoms. The summed E-state index contributed by atoms with van der Waals surface area (Å²) in [6, 6.07) is 2.64. The fraction of sp³-hybridized carbons (Fsp3) is 0.250. The molecule has 7 heteroatoms. The van der Waals surface area contributed by atoms with Crippen molar-refractivity contribution >= 4 is 16.0 Å². The standard InChI is InChI=1S/C12H12FNO4S/c13-9-4-5-10(12(15)16)11(8-9)19(17,18)14-6-2-1-3-7-14/h1-2,4-5,8H,3,6-7H2,(H,15,16). The molecule has 0 aliphatic carbocycles. The van der Waals surface area contributed by atoms with Crippen LogP contribution in [-0.4, -0.2) is 36.9 Å². The Kier molecular flexibility index (Phi) is 3.68. The Morgan fingerprint density at radius 2 is 2.05 bits per heavy atom. The predicted molar refractivity (Wildman–Crippen MR) is 65.9 cm³/mol. The maximum absolute atomic E-state index is 13.2. The fourth-order valence-electron chi connectivity index (χ4n) is 1.86. The van der Waals surface area contributed by atoms with Crippen LogP contribution in [0.15, 0.2) is 35.2 Å². The minimum Gasteiger partial charge on any atom is -0.478 e. The largest absolute Gasteiger partial charge is 0.478 e. The summed E-state index contributed by atoms with van der Waals surface area (Å²) < 4.78 is 39.0. The van der Waals surface area contributed by atoms with Gasteiger partial charge >= 0.3 is 5.97 Å². The first-order chi connectivity index (χ1) is 8.93. The Balaban J connectivity index is 2.53. The molecule has 0 atom stereocenters. The fourth-order valence-corrected chi connectivity index (χ4v) is 3.46. The molecular weight excluding hydrogens is 273 g/mol. The van der Waals surface area contributed by atoms with E-state index in [1.54, 1.807) is 6.08 Å². The lowest BCUT2D eigenvalue weighted by Gasteiger charge is -2.23. The minimum atomic E-state index is -4.00. The van der Waals surface area contributed by atoms with Gasteiger partial charge in [-0.1, -0.05) is 12.2 Å². The van der Waals surface area contributed by atoms with E-state index in [9.17, 15) is 17.6 Å². The third-order valence-electron chi connectivity index (χ3n) is 2.81. The van der Waals surface area contributed by atoms with Crippen molar-refractivity contribution in [2.24, 2.45) is 0 Å². The van der Waals surface area contributed by atoms with Crippen LogP contribution in [0.3, 0.4) is 0 Å². The molecule has 1 aromatic rings. The van der Waals surface area contributed by atoms with Crippen molar-refractivity contribution < 1.29 is 22.7 Å². The lowest BCUT2D eigenvalue weighted by Crippen LogP contribution is -2.34. The van der Waals surface area contributed by atoms with E-state index in [2.05, 4.69) is 0 Å². The highest BCUT2D eigenvalue weighted by Gasteiger charge is 2.29. The summed E-state index contributed by atoms with van der Waals surface area (Å²) in [5, 5.41) is 9.00. The van der Waals surface area contributed by atoms with Gasteiger partial charge in [-0.25, -0.2) is 17.6 Å². The zero-order chi connectivity index (χ0) is 14.0. The summed E-state index contributed by atoms with van der Waals surface area (Å²) in [5.41, 5.74) is -0.420. The molecule has 1 heterocycles. The molecule has 1 N–H and O–H groups in total. The number of rotatable bonds is 3. The van der Waals surface area contributed by atoms with Crippen LogP contribution in [-0.2, 0) is 10.0 Å². The smallest absolute Gasteiger partial charge is 0.337 e. The molecule has 2 rings (SSSR count). The molecule has 102 valence electrons. The van der Waals surface area contributed by atoms with Crippen LogP contribution in [0.4, 0.5) is 4.39 Å². The second-order valence-electron chi connectivity index (χ2n) is 4.07. The van der Waals surface area contributed by atoms with E-state index in [0.717, 1.165) is 22.5 Å². The Hall–Kier alpha value is -1.73. The average molecular weight is 285 g/mol. The summed E-state index contributed by atoms with van der Waals surface area (Å²) in [6.07, 6.45) is 4.08. The number of hydrogen-bond donors (Lipinski definition) is 1. The second-order valence-corrected chi connectivity index (χ2v) is 5.98. The van der Waals surface area contributed by atoms with Crippen LogP contribution in [0.5, 0.6) is 0 Å². The summed E-state index contributed by atoms with van der Waals surface area (Å²) >= 11 is 0. The van der Waals surface area contributed by atoms with Crippen LogP contribution >= 0.6 is 0 Å². The number of benzene rings is 1. The van der Waals surface area contributed by atoms with E-state index >= 15 is 0 Å². The SMILES string of the molecule is O=C(O)c1ccc(F)cc1S(=O)(=O)N1CC=CCC1. The van der Waals surface area contributed by atoms with Gasteiger partial charge in [0.05, 0.1) is 10.5 Å². The van der Waals surface area contributed by atoms with E-state index in [0.29, 0.717) is 6.42 Å². The zero-order valence-corrected chi connectivity index (χ0v) is 10.7. The number of aromatic carboxylic acids is 1. The number of hydrogen-bond acceptors (Lipinski definition) is 3. The highest BCUT2D eigenvalue weighted by molar-refractivity contribution is 7.89. The molecule has 0 saturated heterocycles. The molecule has 5 nitrogen and oxygen atoms in total. The summed E-state index contributed by atoms with van der Waals surface area (Å²) in [6.45, 7) is 0.423. The van der Waals surface area contributed by atoms with Crippen molar-refractivity contribution in [3.63, 3.8) is 0 Å². The molecule has 0 spiro atoms. The molecule has 1 aliphatic heterocycles. The first kappa shape index (κ1) is 13.7. The van der Waals surface area contributed by atoms with Gasteiger partial charge in [0.1, 0.15) is 5.82 Å². The third-order valence-corrected chi connectivity index (χ3v) is 4.72. The number of carbonyl (C=O) groups is 1. The predicted octanol–water partition coefficient (Wildman–Crippen LogP) is 1.47. The Morgan fingerprint density at radius 1 is 1.32 bits per heavy atom. The molecular formula is C12H12FNO4S. The van der Waals surface area contributed by atoms with Gasteiger partial charge in [-0.15, -0.1) is 0 Å². The molecule has 1 aromatic carbocycles. The Bertz CT molecular complexity index is 639. The van der Waals surface area contributed by atoms with E-state index in [-0.39, 0.29) is 13.1 Å². The molecule has 0 unspecified atom stereocenters. The Labute approximate surface area is 110 Å². The summed E-state index contributed by atoms with van der Waals surface area (Å²) in [4.78, 5) is 10.5. The van der Waals surface area contributed by atoms with Crippen molar-refractivity contribution in [1.29, 1.82) is 0 Å². The Morgan fingerprint density at radius 3 is 2.63 bits per heavy atom. The van der Waals surface area contributed by atoms with Crippen LogP contribution in [0, 0.1) is 5.82 Å². The summed E-state index contributed by atoms with van der Waals surface area (Å²) in [7, 11) is -4.00. The van der Waals surface area contributed by atoms with Crippen molar-refractivity contribution in [1.82, 2.24) is 4.31 Å². The molecule has 0 saturated carbocycles. The van der Waals surface area contributed by atoms with Crippen LogP contribution in [0.25, 0.3) is 0 Å². The van der Waals surface area contributed by atoms with Crippen LogP contribution in [0.2, 0.25) is 0 Å². The number of carboxylic acids is 1. The van der Waals surface area contributed by atoms with Gasteiger partial charge in [0.2, 0.25) is 10.0 Å². The van der Waals surface area contributed by atoms with Gasteiger partial charge in [-0.2, -0.15) is 4.31 Å². The molecule has 1 aliphatic rings. The van der Waals surface area contributed by atoms with E-state index < -0.39 is 32.3 Å². The number of nitrogens with zero attached hydrogens (tertiary/aromatic N) is 1. The highest BCUT2D eigenvalue weighted by Crippen LogP contribution is 2.23. The van der Waals surface area contributed by atoms with Crippen molar-refractivity contribution in [3.05, 3.63) is 41.7 Å². The quantitative estimate of drug-likeness (QED) is 0.853. The lowest BCUT2D eigenvalue weighted by atomic mass is 10.2. The lowest BCUT2D eigenvalue weighted by molar-refractivity contribution is 0.0692. The van der Waals surface area contributed by atoms with E-state index in [1.165, 1.54) is 0 Å². The van der Waals surface area contributed by atoms with Crippen molar-refractivity contribution in [2.45, 2.75) is 11.3 Å². The van der Waals surface area contributed by atoms with E-state index in [4.69, 9.17) is 5.11 Å². The van der Waals surface area contributed by atoms with E-state index in [1.807, 2.05) is 6.08 Å². The van der Waals surface area contributed by atoms with Gasteiger partial charge in [0.15, 0.2) is 0 Å². The van der Waals surface area contributed by atoms with Crippen LogP contribution < -0.4 is 0 Å². The molecule has 0 radical (unpaired) electrons. The number of halogens is 1. The zero-order valence-electron chi connectivity index (χ0n) is 9.91. The number of carboxylic acid groups (broad SMARTS) is 1. The van der Waals surface area contributed by atoms with Crippen molar-refractivity contribution in [2.75, 3.05) is 13.1 Å². The molecule has 19 heavy (non-hydrogen) atoms. The minimum absolute atomic E-state index is 0.165. The second kappa shape index (κ2) is 5.10. The first-order valence-corrected chi connectivity index (χ1v) is 7.05. The maximum atomic E-state index is 13.2. The van der Waals surface area contributed by atoms with Gasteiger partial charge in [-0.05, 0) is 24.6 Å². The number of sulfonamides is 1. The molecule has 0 aromatic heterocycles. The molecule has 0 fully saturated rings.